The number of hydrogen-bond acceptors (Lipinski definition) is 2. The van der Waals surface area contributed by atoms with Crippen molar-refractivity contribution in [1.82, 2.24) is 0 Å². The van der Waals surface area contributed by atoms with E-state index in [2.05, 4.69) is 11.4 Å². The van der Waals surface area contributed by atoms with Crippen LogP contribution in [0.1, 0.15) is 24.2 Å². The van der Waals surface area contributed by atoms with Gasteiger partial charge in [0.2, 0.25) is 6.04 Å². The number of nitrogens with one attached hydrogen (secondary N) is 1. The molecule has 2 rings (SSSR count). The average Bonchev–Trinajstić information content (AvgIpc) is 2.47. The maximum absolute atomic E-state index is 12.2. The van der Waals surface area contributed by atoms with E-state index in [0.29, 0.717) is 11.3 Å². The fourth-order valence-corrected chi connectivity index (χ4v) is 2.01. The number of nitrogens with zero attached hydrogens (tertiary/aromatic N) is 2. The number of rotatable bonds is 3. The molecule has 0 spiro atoms. The minimum Gasteiger partial charge on any atom is -0.320 e. The van der Waals surface area contributed by atoms with Gasteiger partial charge in [0.05, 0.1) is 11.6 Å². The maximum atomic E-state index is 12.2. The van der Waals surface area contributed by atoms with Gasteiger partial charge in [-0.1, -0.05) is 12.1 Å². The highest BCUT2D eigenvalue weighted by atomic mass is 16.2. The monoisotopic (exact) mass is 266 g/mol. The third-order valence-corrected chi connectivity index (χ3v) is 3.16. The molecule has 0 bridgehead atoms. The molecule has 0 fully saturated rings. The van der Waals surface area contributed by atoms with E-state index in [1.54, 1.807) is 24.3 Å². The molecule has 0 saturated carbocycles. The van der Waals surface area contributed by atoms with Gasteiger partial charge < -0.3 is 5.32 Å². The van der Waals surface area contributed by atoms with Gasteiger partial charge in [-0.15, -0.1) is 0 Å². The summed E-state index contributed by atoms with van der Waals surface area (Å²) in [6.07, 6.45) is 1.88. The van der Waals surface area contributed by atoms with Crippen LogP contribution in [0.15, 0.2) is 48.7 Å². The predicted molar refractivity (Wildman–Crippen MR) is 75.9 cm³/mol. The van der Waals surface area contributed by atoms with Crippen LogP contribution < -0.4 is 9.88 Å². The Morgan fingerprint density at radius 1 is 1.30 bits per heavy atom. The second-order valence-electron chi connectivity index (χ2n) is 4.61. The zero-order valence-corrected chi connectivity index (χ0v) is 11.5. The first-order valence-electron chi connectivity index (χ1n) is 6.39. The Morgan fingerprint density at radius 3 is 2.80 bits per heavy atom. The van der Waals surface area contributed by atoms with Crippen molar-refractivity contribution in [2.24, 2.45) is 0 Å². The number of hydrogen-bond donors (Lipinski definition) is 1. The fraction of sp³-hybridized carbons (Fsp3) is 0.188. The number of aromatic nitrogens is 1. The van der Waals surface area contributed by atoms with Gasteiger partial charge in [0, 0.05) is 31.7 Å². The number of aryl methyl sites for hydroxylation is 1. The van der Waals surface area contributed by atoms with E-state index >= 15 is 0 Å². The minimum absolute atomic E-state index is 0.112. The summed E-state index contributed by atoms with van der Waals surface area (Å²) in [6, 6.07) is 14.4. The molecule has 0 aliphatic heterocycles. The SMILES string of the molecule is Cc1cccc[n+]1[C@H](C)C(=O)Nc1cccc(C#N)c1. The maximum Gasteiger partial charge on any atom is 0.293 e. The van der Waals surface area contributed by atoms with Crippen LogP contribution in [0, 0.1) is 18.3 Å². The molecular weight excluding hydrogens is 250 g/mol. The number of carbonyl (C=O) groups is 1. The Morgan fingerprint density at radius 2 is 2.10 bits per heavy atom. The van der Waals surface area contributed by atoms with Gasteiger partial charge in [-0.05, 0) is 18.2 Å². The summed E-state index contributed by atoms with van der Waals surface area (Å²) >= 11 is 0. The molecule has 1 aromatic carbocycles. The van der Waals surface area contributed by atoms with Gasteiger partial charge in [-0.3, -0.25) is 4.79 Å². The van der Waals surface area contributed by atoms with Crippen LogP contribution in [-0.4, -0.2) is 5.91 Å². The van der Waals surface area contributed by atoms with Crippen LogP contribution in [0.5, 0.6) is 0 Å². The molecule has 1 N–H and O–H groups in total. The van der Waals surface area contributed by atoms with Crippen LogP contribution in [0.4, 0.5) is 5.69 Å². The standard InChI is InChI=1S/C16H15N3O/c1-12-6-3-4-9-19(12)13(2)16(20)18-15-8-5-7-14(10-15)11-17/h3-10,13H,1-2H3/p+1/t13-/m1/s1. The molecule has 100 valence electrons. The molecule has 1 aromatic heterocycles. The van der Waals surface area contributed by atoms with Crippen molar-refractivity contribution < 1.29 is 9.36 Å². The van der Waals surface area contributed by atoms with Crippen molar-refractivity contribution in [1.29, 1.82) is 5.26 Å². The summed E-state index contributed by atoms with van der Waals surface area (Å²) in [5.41, 5.74) is 2.18. The van der Waals surface area contributed by atoms with Crippen LogP contribution in [0.3, 0.4) is 0 Å². The van der Waals surface area contributed by atoms with E-state index in [4.69, 9.17) is 5.26 Å². The van der Waals surface area contributed by atoms with Gasteiger partial charge in [0.25, 0.3) is 5.91 Å². The lowest BCUT2D eigenvalue weighted by atomic mass is 10.2. The average molecular weight is 266 g/mol. The molecule has 0 radical (unpaired) electrons. The lowest BCUT2D eigenvalue weighted by molar-refractivity contribution is -0.711. The van der Waals surface area contributed by atoms with Crippen molar-refractivity contribution in [3.63, 3.8) is 0 Å². The van der Waals surface area contributed by atoms with Crippen LogP contribution in [0.2, 0.25) is 0 Å². The van der Waals surface area contributed by atoms with E-state index in [1.165, 1.54) is 0 Å². The van der Waals surface area contributed by atoms with Crippen molar-refractivity contribution >= 4 is 11.6 Å². The third-order valence-electron chi connectivity index (χ3n) is 3.16. The number of benzene rings is 1. The minimum atomic E-state index is -0.318. The summed E-state index contributed by atoms with van der Waals surface area (Å²) in [7, 11) is 0. The molecule has 1 amide bonds. The largest absolute Gasteiger partial charge is 0.320 e. The number of nitriles is 1. The normalized spacial score (nSPS) is 11.4. The Hall–Kier alpha value is -2.67. The molecular formula is C16H16N3O+. The van der Waals surface area contributed by atoms with Gasteiger partial charge >= 0.3 is 0 Å². The molecule has 20 heavy (non-hydrogen) atoms. The molecule has 4 heteroatoms. The van der Waals surface area contributed by atoms with Gasteiger partial charge in [-0.25, -0.2) is 0 Å². The van der Waals surface area contributed by atoms with Crippen molar-refractivity contribution in [2.45, 2.75) is 19.9 Å². The number of amides is 1. The summed E-state index contributed by atoms with van der Waals surface area (Å²) < 4.78 is 1.91. The fourth-order valence-electron chi connectivity index (χ4n) is 2.01. The van der Waals surface area contributed by atoms with Crippen LogP contribution >= 0.6 is 0 Å². The highest BCUT2D eigenvalue weighted by molar-refractivity contribution is 5.92. The molecule has 1 heterocycles. The summed E-state index contributed by atoms with van der Waals surface area (Å²) in [5.74, 6) is -0.112. The van der Waals surface area contributed by atoms with E-state index < -0.39 is 0 Å². The molecule has 2 aromatic rings. The van der Waals surface area contributed by atoms with E-state index in [-0.39, 0.29) is 11.9 Å². The number of pyridine rings is 1. The van der Waals surface area contributed by atoms with Crippen LogP contribution in [-0.2, 0) is 4.79 Å². The first-order valence-corrected chi connectivity index (χ1v) is 6.39. The topological polar surface area (TPSA) is 56.8 Å². The van der Waals surface area contributed by atoms with Crippen molar-refractivity contribution in [2.75, 3.05) is 5.32 Å². The zero-order chi connectivity index (χ0) is 14.5. The second-order valence-corrected chi connectivity index (χ2v) is 4.61. The van der Waals surface area contributed by atoms with Crippen molar-refractivity contribution in [3.8, 4) is 6.07 Å². The summed E-state index contributed by atoms with van der Waals surface area (Å²) in [5, 5.41) is 11.7. The number of carbonyl (C=O) groups excluding carboxylic acids is 1. The molecule has 1 atom stereocenters. The summed E-state index contributed by atoms with van der Waals surface area (Å²) in [6.45, 7) is 3.80. The third kappa shape index (κ3) is 3.01. The van der Waals surface area contributed by atoms with E-state index in [1.807, 2.05) is 42.8 Å². The molecule has 4 nitrogen and oxygen atoms in total. The van der Waals surface area contributed by atoms with Gasteiger partial charge in [-0.2, -0.15) is 9.83 Å². The molecule has 0 unspecified atom stereocenters. The van der Waals surface area contributed by atoms with Crippen LogP contribution in [0.25, 0.3) is 0 Å². The number of anilines is 1. The van der Waals surface area contributed by atoms with Crippen molar-refractivity contribution in [3.05, 3.63) is 59.9 Å². The Balaban J connectivity index is 2.16. The highest BCUT2D eigenvalue weighted by Crippen LogP contribution is 2.11. The lowest BCUT2D eigenvalue weighted by Gasteiger charge is -2.10. The quantitative estimate of drug-likeness (QED) is 0.867. The van der Waals surface area contributed by atoms with Gasteiger partial charge in [0.1, 0.15) is 0 Å². The Labute approximate surface area is 118 Å². The molecule has 0 saturated heterocycles. The zero-order valence-electron chi connectivity index (χ0n) is 11.5. The highest BCUT2D eigenvalue weighted by Gasteiger charge is 2.23. The van der Waals surface area contributed by atoms with E-state index in [0.717, 1.165) is 5.69 Å². The molecule has 0 aliphatic carbocycles. The lowest BCUT2D eigenvalue weighted by Crippen LogP contribution is -2.46. The summed E-state index contributed by atoms with van der Waals surface area (Å²) in [4.78, 5) is 12.2. The Kier molecular flexibility index (Phi) is 4.11. The Bertz CT molecular complexity index is 673. The second kappa shape index (κ2) is 5.98. The predicted octanol–water partition coefficient (Wildman–Crippen LogP) is 2.35. The van der Waals surface area contributed by atoms with Gasteiger partial charge in [0.15, 0.2) is 11.9 Å². The van der Waals surface area contributed by atoms with E-state index in [9.17, 15) is 4.79 Å². The first-order chi connectivity index (χ1) is 9.61. The molecule has 0 aliphatic rings. The first kappa shape index (κ1) is 13.8. The smallest absolute Gasteiger partial charge is 0.293 e.